The molecule has 47 heavy (non-hydrogen) atoms. The Hall–Kier alpha value is -5.42. The van der Waals surface area contributed by atoms with Gasteiger partial charge < -0.3 is 9.80 Å². The lowest BCUT2D eigenvalue weighted by Gasteiger charge is -2.26. The van der Waals surface area contributed by atoms with Gasteiger partial charge in [0, 0.05) is 74.5 Å². The van der Waals surface area contributed by atoms with Crippen LogP contribution in [0.3, 0.4) is 0 Å². The normalized spacial score (nSPS) is 11.5. The molecule has 0 aliphatic carbocycles. The van der Waals surface area contributed by atoms with Crippen LogP contribution in [0.5, 0.6) is 0 Å². The van der Waals surface area contributed by atoms with Crippen LogP contribution in [0.1, 0.15) is 5.56 Å². The number of benzene rings is 7. The molecule has 0 N–H and O–H groups in total. The summed E-state index contributed by atoms with van der Waals surface area (Å²) in [7, 11) is 0. The number of anilines is 6. The molecule has 0 amide bonds. The number of thiophene rings is 2. The molecule has 9 aromatic rings. The second kappa shape index (κ2) is 11.4. The van der Waals surface area contributed by atoms with Crippen LogP contribution < -0.4 is 9.80 Å². The first kappa shape index (κ1) is 27.9. The third-order valence-corrected chi connectivity index (χ3v) is 11.2. The van der Waals surface area contributed by atoms with Crippen molar-refractivity contribution in [3.05, 3.63) is 169 Å². The topological polar surface area (TPSA) is 6.48 Å². The largest absolute Gasteiger partial charge is 0.310 e. The zero-order chi connectivity index (χ0) is 31.3. The van der Waals surface area contributed by atoms with Crippen molar-refractivity contribution in [2.45, 2.75) is 6.92 Å². The Morgan fingerprint density at radius 3 is 1.38 bits per heavy atom. The lowest BCUT2D eigenvalue weighted by Crippen LogP contribution is -2.09. The molecule has 4 heteroatoms. The van der Waals surface area contributed by atoms with Crippen molar-refractivity contribution < 1.29 is 0 Å². The first-order chi connectivity index (χ1) is 23.2. The lowest BCUT2D eigenvalue weighted by molar-refractivity contribution is 1.28. The molecule has 224 valence electrons. The summed E-state index contributed by atoms with van der Waals surface area (Å²) in [4.78, 5) is 4.73. The zero-order valence-electron chi connectivity index (χ0n) is 25.8. The summed E-state index contributed by atoms with van der Waals surface area (Å²) in [6, 6.07) is 59.6. The highest BCUT2D eigenvalue weighted by Gasteiger charge is 2.18. The van der Waals surface area contributed by atoms with Gasteiger partial charge in [-0.05, 0) is 97.9 Å². The van der Waals surface area contributed by atoms with E-state index in [4.69, 9.17) is 0 Å². The molecule has 0 saturated carbocycles. The molecule has 0 bridgehead atoms. The van der Waals surface area contributed by atoms with Gasteiger partial charge in [0.1, 0.15) is 0 Å². The van der Waals surface area contributed by atoms with Crippen LogP contribution >= 0.6 is 22.7 Å². The molecule has 0 unspecified atom stereocenters. The molecule has 0 atom stereocenters. The quantitative estimate of drug-likeness (QED) is 0.179. The van der Waals surface area contributed by atoms with Crippen molar-refractivity contribution in [3.63, 3.8) is 0 Å². The van der Waals surface area contributed by atoms with Crippen molar-refractivity contribution in [2.24, 2.45) is 0 Å². The molecule has 0 fully saturated rings. The summed E-state index contributed by atoms with van der Waals surface area (Å²) < 4.78 is 5.20. The summed E-state index contributed by atoms with van der Waals surface area (Å²) in [5.74, 6) is 0. The van der Waals surface area contributed by atoms with E-state index in [0.717, 1.165) is 34.1 Å². The Morgan fingerprint density at radius 2 is 0.745 bits per heavy atom. The fourth-order valence-electron chi connectivity index (χ4n) is 6.63. The molecule has 0 saturated heterocycles. The van der Waals surface area contributed by atoms with Crippen molar-refractivity contribution in [3.8, 4) is 0 Å². The van der Waals surface area contributed by atoms with Crippen molar-refractivity contribution in [1.29, 1.82) is 0 Å². The monoisotopic (exact) mass is 638 g/mol. The second-order valence-electron chi connectivity index (χ2n) is 11.9. The Balaban J connectivity index is 1.18. The predicted octanol–water partition coefficient (Wildman–Crippen LogP) is 13.7. The highest BCUT2D eigenvalue weighted by atomic mass is 32.1. The molecule has 9 rings (SSSR count). The molecule has 2 heterocycles. The fraction of sp³-hybridized carbons (Fsp3) is 0.0233. The number of hydrogen-bond acceptors (Lipinski definition) is 4. The van der Waals surface area contributed by atoms with E-state index < -0.39 is 0 Å². The lowest BCUT2D eigenvalue weighted by atomic mass is 10.1. The van der Waals surface area contributed by atoms with Crippen molar-refractivity contribution in [1.82, 2.24) is 0 Å². The van der Waals surface area contributed by atoms with Gasteiger partial charge in [-0.1, -0.05) is 78.4 Å². The maximum Gasteiger partial charge on any atom is 0.0476 e. The van der Waals surface area contributed by atoms with E-state index in [9.17, 15) is 0 Å². The average Bonchev–Trinajstić information content (AvgIpc) is 3.68. The van der Waals surface area contributed by atoms with E-state index >= 15 is 0 Å². The third kappa shape index (κ3) is 4.94. The van der Waals surface area contributed by atoms with Gasteiger partial charge in [-0.2, -0.15) is 0 Å². The van der Waals surface area contributed by atoms with Gasteiger partial charge >= 0.3 is 0 Å². The summed E-state index contributed by atoms with van der Waals surface area (Å²) in [6.07, 6.45) is 0. The van der Waals surface area contributed by atoms with Gasteiger partial charge in [-0.25, -0.2) is 0 Å². The SMILES string of the molecule is Cc1ccc(N(c2ccccc2)c2ccc3sc4cc(N(c5ccccc5)c5ccc6sc7ccccc7c6c5)ccc4c3c2)cc1. The number of hydrogen-bond donors (Lipinski definition) is 0. The Morgan fingerprint density at radius 1 is 0.319 bits per heavy atom. The predicted molar refractivity (Wildman–Crippen MR) is 206 cm³/mol. The van der Waals surface area contributed by atoms with Crippen molar-refractivity contribution >= 4 is 97.1 Å². The number of fused-ring (bicyclic) bond motifs is 6. The van der Waals surface area contributed by atoms with Crippen LogP contribution in [-0.4, -0.2) is 0 Å². The number of para-hydroxylation sites is 2. The van der Waals surface area contributed by atoms with Gasteiger partial charge in [0.25, 0.3) is 0 Å². The Bertz CT molecular complexity index is 2530. The minimum atomic E-state index is 1.14. The molecular weight excluding hydrogens is 609 g/mol. The average molecular weight is 639 g/mol. The van der Waals surface area contributed by atoms with Crippen LogP contribution in [0.2, 0.25) is 0 Å². The Labute approximate surface area is 282 Å². The summed E-state index contributed by atoms with van der Waals surface area (Å²) in [5, 5.41) is 5.17. The van der Waals surface area contributed by atoms with Gasteiger partial charge in [0.2, 0.25) is 0 Å². The molecule has 2 aromatic heterocycles. The number of rotatable bonds is 6. The molecule has 7 aromatic carbocycles. The summed E-state index contributed by atoms with van der Waals surface area (Å²) in [5.41, 5.74) is 8.16. The van der Waals surface area contributed by atoms with E-state index in [2.05, 4.69) is 181 Å². The highest BCUT2D eigenvalue weighted by molar-refractivity contribution is 7.26. The van der Waals surface area contributed by atoms with Crippen LogP contribution in [0.15, 0.2) is 164 Å². The van der Waals surface area contributed by atoms with E-state index in [-0.39, 0.29) is 0 Å². The standard InChI is InChI=1S/C43H30N2S2/c1-29-16-18-32(19-17-29)44(30-10-4-2-5-11-30)33-21-25-42-39(26-33)37-23-20-35(28-43(37)47-42)45(31-12-6-3-7-13-31)34-22-24-41-38(27-34)36-14-8-9-15-40(36)46-41/h2-28H,1H3. The van der Waals surface area contributed by atoms with Crippen LogP contribution in [-0.2, 0) is 0 Å². The molecule has 0 radical (unpaired) electrons. The fourth-order valence-corrected chi connectivity index (χ4v) is 8.83. The summed E-state index contributed by atoms with van der Waals surface area (Å²) in [6.45, 7) is 2.13. The summed E-state index contributed by atoms with van der Waals surface area (Å²) >= 11 is 3.72. The van der Waals surface area contributed by atoms with E-state index in [1.165, 1.54) is 45.9 Å². The van der Waals surface area contributed by atoms with Gasteiger partial charge in [-0.15, -0.1) is 22.7 Å². The first-order valence-electron chi connectivity index (χ1n) is 15.8. The minimum Gasteiger partial charge on any atom is -0.310 e. The zero-order valence-corrected chi connectivity index (χ0v) is 27.4. The first-order valence-corrected chi connectivity index (χ1v) is 17.5. The van der Waals surface area contributed by atoms with E-state index in [1.807, 2.05) is 22.7 Å². The van der Waals surface area contributed by atoms with Gasteiger partial charge in [0.15, 0.2) is 0 Å². The Kier molecular flexibility index (Phi) is 6.77. The maximum atomic E-state index is 2.38. The third-order valence-electron chi connectivity index (χ3n) is 8.89. The molecule has 2 nitrogen and oxygen atoms in total. The minimum absolute atomic E-state index is 1.14. The van der Waals surface area contributed by atoms with Gasteiger partial charge in [0.05, 0.1) is 0 Å². The second-order valence-corrected chi connectivity index (χ2v) is 14.1. The molecule has 0 spiro atoms. The van der Waals surface area contributed by atoms with Gasteiger partial charge in [-0.3, -0.25) is 0 Å². The smallest absolute Gasteiger partial charge is 0.0476 e. The van der Waals surface area contributed by atoms with Crippen LogP contribution in [0.4, 0.5) is 34.1 Å². The number of aryl methyl sites for hydroxylation is 1. The molecule has 0 aliphatic heterocycles. The van der Waals surface area contributed by atoms with Crippen molar-refractivity contribution in [2.75, 3.05) is 9.80 Å². The van der Waals surface area contributed by atoms with E-state index in [1.54, 1.807) is 0 Å². The molecule has 0 aliphatic rings. The maximum absolute atomic E-state index is 2.38. The number of nitrogens with zero attached hydrogens (tertiary/aromatic N) is 2. The van der Waals surface area contributed by atoms with Crippen LogP contribution in [0.25, 0.3) is 40.3 Å². The molecular formula is C43H30N2S2. The van der Waals surface area contributed by atoms with E-state index in [0.29, 0.717) is 0 Å². The highest BCUT2D eigenvalue weighted by Crippen LogP contribution is 2.44. The van der Waals surface area contributed by atoms with Crippen LogP contribution in [0, 0.1) is 6.92 Å².